The van der Waals surface area contributed by atoms with Crippen molar-refractivity contribution in [2.75, 3.05) is 6.54 Å². The summed E-state index contributed by atoms with van der Waals surface area (Å²) in [5.74, 6) is -0.705. The van der Waals surface area contributed by atoms with E-state index in [1.165, 1.54) is 15.8 Å². The number of hydrogen-bond acceptors (Lipinski definition) is 5. The van der Waals surface area contributed by atoms with Crippen LogP contribution in [0.4, 0.5) is 0 Å². The number of piperidine rings is 1. The molecular weight excluding hydrogens is 370 g/mol. The number of amides is 1. The van der Waals surface area contributed by atoms with Crippen LogP contribution in [0.1, 0.15) is 36.2 Å². The number of carbonyl (C=O) groups excluding carboxylic acids is 1. The van der Waals surface area contributed by atoms with Gasteiger partial charge < -0.3 is 10.0 Å². The van der Waals surface area contributed by atoms with Gasteiger partial charge in [-0.2, -0.15) is 4.80 Å². The van der Waals surface area contributed by atoms with Gasteiger partial charge in [-0.3, -0.25) is 4.79 Å². The second-order valence-electron chi connectivity index (χ2n) is 6.42. The van der Waals surface area contributed by atoms with E-state index in [-0.39, 0.29) is 5.91 Å². The zero-order chi connectivity index (χ0) is 19.4. The molecule has 0 spiro atoms. The van der Waals surface area contributed by atoms with Crippen LogP contribution in [-0.2, 0) is 16.1 Å². The molecule has 8 nitrogen and oxygen atoms in total. The molecule has 0 bridgehead atoms. The lowest BCUT2D eigenvalue weighted by molar-refractivity contribution is -0.150. The van der Waals surface area contributed by atoms with Gasteiger partial charge in [0.15, 0.2) is 5.82 Å². The van der Waals surface area contributed by atoms with Crippen molar-refractivity contribution < 1.29 is 14.7 Å². The van der Waals surface area contributed by atoms with Gasteiger partial charge in [0.25, 0.3) is 0 Å². The van der Waals surface area contributed by atoms with Crippen LogP contribution in [-0.4, -0.2) is 54.7 Å². The largest absolute Gasteiger partial charge is 0.480 e. The normalized spacial score (nSPS) is 17.4. The maximum Gasteiger partial charge on any atom is 0.326 e. The van der Waals surface area contributed by atoms with Gasteiger partial charge in [0, 0.05) is 17.6 Å². The van der Waals surface area contributed by atoms with Gasteiger partial charge in [0.1, 0.15) is 6.04 Å². The molecule has 1 amide bonds. The Morgan fingerprint density at radius 2 is 2.19 bits per heavy atom. The van der Waals surface area contributed by atoms with E-state index < -0.39 is 12.0 Å². The van der Waals surface area contributed by atoms with Crippen molar-refractivity contribution in [1.82, 2.24) is 25.1 Å². The van der Waals surface area contributed by atoms with E-state index in [1.807, 2.05) is 0 Å². The van der Waals surface area contributed by atoms with Crippen molar-refractivity contribution in [3.05, 3.63) is 46.2 Å². The predicted octanol–water partition coefficient (Wildman–Crippen LogP) is 2.16. The molecule has 1 aromatic carbocycles. The first kappa shape index (κ1) is 19.0. The zero-order valence-corrected chi connectivity index (χ0v) is 15.6. The SMILES string of the molecule is Cc1nnn(Cc2cc(Cl)ccc2C=CC(=O)N2CCCCC2C(=O)O)n1. The average molecular weight is 390 g/mol. The third kappa shape index (κ3) is 4.71. The standard InChI is InChI=1S/C18H20ClN5O3/c1-12-20-22-24(21-12)11-14-10-15(19)7-5-13(14)6-8-17(25)23-9-3-2-4-16(23)18(26)27/h5-8,10,16H,2-4,9,11H2,1H3,(H,26,27). The molecule has 27 heavy (non-hydrogen) atoms. The van der Waals surface area contributed by atoms with Gasteiger partial charge in [-0.15, -0.1) is 10.2 Å². The highest BCUT2D eigenvalue weighted by Gasteiger charge is 2.30. The fourth-order valence-corrected chi connectivity index (χ4v) is 3.32. The number of aliphatic carboxylic acids is 1. The number of nitrogens with zero attached hydrogens (tertiary/aromatic N) is 5. The van der Waals surface area contributed by atoms with E-state index >= 15 is 0 Å². The minimum absolute atomic E-state index is 0.308. The molecule has 2 aromatic rings. The highest BCUT2D eigenvalue weighted by Crippen LogP contribution is 2.20. The molecule has 1 aliphatic rings. The van der Waals surface area contributed by atoms with Crippen LogP contribution < -0.4 is 0 Å². The fourth-order valence-electron chi connectivity index (χ4n) is 3.13. The summed E-state index contributed by atoms with van der Waals surface area (Å²) >= 11 is 6.10. The Bertz CT molecular complexity index is 880. The first-order chi connectivity index (χ1) is 12.9. The molecule has 1 fully saturated rings. The maximum absolute atomic E-state index is 12.5. The number of halogens is 1. The van der Waals surface area contributed by atoms with E-state index in [9.17, 15) is 14.7 Å². The fraction of sp³-hybridized carbons (Fsp3) is 0.389. The van der Waals surface area contributed by atoms with E-state index in [1.54, 1.807) is 31.2 Å². The van der Waals surface area contributed by atoms with Crippen LogP contribution in [0.2, 0.25) is 5.02 Å². The molecule has 2 heterocycles. The molecule has 0 aliphatic carbocycles. The number of rotatable bonds is 5. The highest BCUT2D eigenvalue weighted by atomic mass is 35.5. The third-order valence-corrected chi connectivity index (χ3v) is 4.68. The average Bonchev–Trinajstić information content (AvgIpc) is 3.05. The Labute approximate surface area is 161 Å². The number of carbonyl (C=O) groups is 2. The molecule has 1 N–H and O–H groups in total. The van der Waals surface area contributed by atoms with Crippen LogP contribution in [0.5, 0.6) is 0 Å². The summed E-state index contributed by atoms with van der Waals surface area (Å²) in [6, 6.07) is 4.56. The zero-order valence-electron chi connectivity index (χ0n) is 14.9. The molecule has 1 atom stereocenters. The van der Waals surface area contributed by atoms with E-state index in [0.29, 0.717) is 30.4 Å². The monoisotopic (exact) mass is 389 g/mol. The van der Waals surface area contributed by atoms with Crippen LogP contribution in [0.3, 0.4) is 0 Å². The Morgan fingerprint density at radius 3 is 2.89 bits per heavy atom. The van der Waals surface area contributed by atoms with Crippen molar-refractivity contribution in [1.29, 1.82) is 0 Å². The van der Waals surface area contributed by atoms with Crippen molar-refractivity contribution >= 4 is 29.6 Å². The summed E-state index contributed by atoms with van der Waals surface area (Å²) in [7, 11) is 0. The summed E-state index contributed by atoms with van der Waals surface area (Å²) in [6.07, 6.45) is 5.20. The molecule has 142 valence electrons. The van der Waals surface area contributed by atoms with Crippen LogP contribution in [0, 0.1) is 6.92 Å². The van der Waals surface area contributed by atoms with Gasteiger partial charge in [0.2, 0.25) is 5.91 Å². The Hall–Kier alpha value is -2.74. The molecule has 0 saturated carbocycles. The molecule has 3 rings (SSSR count). The number of likely N-dealkylation sites (tertiary alicyclic amines) is 1. The summed E-state index contributed by atoms with van der Waals surface area (Å²) < 4.78 is 0. The first-order valence-corrected chi connectivity index (χ1v) is 9.06. The van der Waals surface area contributed by atoms with Gasteiger partial charge >= 0.3 is 5.97 Å². The summed E-state index contributed by atoms with van der Waals surface area (Å²) in [6.45, 7) is 2.56. The number of benzene rings is 1. The minimum Gasteiger partial charge on any atom is -0.480 e. The molecule has 9 heteroatoms. The number of carboxylic acid groups (broad SMARTS) is 1. The second-order valence-corrected chi connectivity index (χ2v) is 6.86. The molecule has 0 radical (unpaired) electrons. The number of hydrogen-bond donors (Lipinski definition) is 1. The van der Waals surface area contributed by atoms with Crippen LogP contribution >= 0.6 is 11.6 Å². The van der Waals surface area contributed by atoms with Gasteiger partial charge in [0.05, 0.1) is 6.54 Å². The quantitative estimate of drug-likeness (QED) is 0.786. The number of aromatic nitrogens is 4. The lowest BCUT2D eigenvalue weighted by Crippen LogP contribution is -2.47. The molecule has 1 saturated heterocycles. The van der Waals surface area contributed by atoms with Crippen LogP contribution in [0.15, 0.2) is 24.3 Å². The topological polar surface area (TPSA) is 101 Å². The molecule has 1 aliphatic heterocycles. The lowest BCUT2D eigenvalue weighted by Gasteiger charge is -2.32. The number of tetrazole rings is 1. The maximum atomic E-state index is 12.5. The highest BCUT2D eigenvalue weighted by molar-refractivity contribution is 6.30. The predicted molar refractivity (Wildman–Crippen MR) is 99.1 cm³/mol. The number of aryl methyl sites for hydroxylation is 1. The summed E-state index contributed by atoms with van der Waals surface area (Å²) in [5.41, 5.74) is 1.61. The minimum atomic E-state index is -0.962. The number of carboxylic acids is 1. The van der Waals surface area contributed by atoms with Crippen molar-refractivity contribution in [3.63, 3.8) is 0 Å². The van der Waals surface area contributed by atoms with Gasteiger partial charge in [-0.05, 0) is 60.7 Å². The Kier molecular flexibility index (Phi) is 5.85. The third-order valence-electron chi connectivity index (χ3n) is 4.45. The van der Waals surface area contributed by atoms with Crippen LogP contribution in [0.25, 0.3) is 6.08 Å². The van der Waals surface area contributed by atoms with Crippen molar-refractivity contribution in [3.8, 4) is 0 Å². The van der Waals surface area contributed by atoms with E-state index in [2.05, 4.69) is 15.4 Å². The van der Waals surface area contributed by atoms with Crippen molar-refractivity contribution in [2.45, 2.75) is 38.8 Å². The lowest BCUT2D eigenvalue weighted by atomic mass is 10.0. The van der Waals surface area contributed by atoms with Crippen molar-refractivity contribution in [2.24, 2.45) is 0 Å². The van der Waals surface area contributed by atoms with E-state index in [0.717, 1.165) is 24.0 Å². The van der Waals surface area contributed by atoms with Gasteiger partial charge in [-0.25, -0.2) is 4.79 Å². The first-order valence-electron chi connectivity index (χ1n) is 8.68. The Morgan fingerprint density at radius 1 is 1.37 bits per heavy atom. The molecular formula is C18H20ClN5O3. The second kappa shape index (κ2) is 8.30. The van der Waals surface area contributed by atoms with Gasteiger partial charge in [-0.1, -0.05) is 17.7 Å². The van der Waals surface area contributed by atoms with E-state index in [4.69, 9.17) is 11.6 Å². The Balaban J connectivity index is 1.79. The molecule has 1 unspecified atom stereocenters. The molecule has 1 aromatic heterocycles. The summed E-state index contributed by atoms with van der Waals surface area (Å²) in [5, 5.41) is 21.8. The summed E-state index contributed by atoms with van der Waals surface area (Å²) in [4.78, 5) is 26.8. The smallest absolute Gasteiger partial charge is 0.326 e.